The average molecular weight is 471 g/mol. The molecule has 0 saturated heterocycles. The molecular formula is C27H23FN4O3. The molecule has 2 atom stereocenters. The van der Waals surface area contributed by atoms with Gasteiger partial charge in [-0.1, -0.05) is 29.8 Å². The van der Waals surface area contributed by atoms with Crippen molar-refractivity contribution in [2.45, 2.75) is 19.1 Å². The molecule has 1 N–H and O–H groups in total. The maximum absolute atomic E-state index is 13.8. The van der Waals surface area contributed by atoms with Crippen LogP contribution in [0, 0.1) is 12.7 Å². The van der Waals surface area contributed by atoms with E-state index in [1.54, 1.807) is 26.4 Å². The molecule has 1 aromatic heterocycles. The lowest BCUT2D eigenvalue weighted by atomic mass is 9.84. The van der Waals surface area contributed by atoms with Crippen LogP contribution in [0.25, 0.3) is 5.70 Å². The molecule has 176 valence electrons. The number of methoxy groups -OCH3 is 2. The number of benzene rings is 3. The summed E-state index contributed by atoms with van der Waals surface area (Å²) in [5.74, 6) is 2.31. The van der Waals surface area contributed by atoms with Gasteiger partial charge >= 0.3 is 0 Å². The van der Waals surface area contributed by atoms with Crippen LogP contribution in [0.2, 0.25) is 0 Å². The Morgan fingerprint density at radius 2 is 1.71 bits per heavy atom. The second-order valence-corrected chi connectivity index (χ2v) is 8.55. The van der Waals surface area contributed by atoms with Gasteiger partial charge in [0.15, 0.2) is 11.5 Å². The standard InChI is InChI=1S/C27H23FN4O3/c1-15-4-10-20-19(12-15)24-23(26(35-20)16-5-8-18(28)9-6-16)25(32-27(31-24)29-14-30-32)17-7-11-21(33-2)22(13-17)34-3/h4-14,25-26H,1-3H3,(H,29,30,31). The Morgan fingerprint density at radius 1 is 0.943 bits per heavy atom. The van der Waals surface area contributed by atoms with Crippen LogP contribution in [0.4, 0.5) is 10.3 Å². The normalized spacial score (nSPS) is 18.1. The fourth-order valence-corrected chi connectivity index (χ4v) is 4.84. The molecule has 4 aromatic rings. The zero-order valence-corrected chi connectivity index (χ0v) is 19.4. The Morgan fingerprint density at radius 3 is 2.49 bits per heavy atom. The minimum absolute atomic E-state index is 0.299. The molecule has 0 radical (unpaired) electrons. The van der Waals surface area contributed by atoms with Crippen LogP contribution in [-0.2, 0) is 0 Å². The summed E-state index contributed by atoms with van der Waals surface area (Å²) in [6, 6.07) is 17.9. The van der Waals surface area contributed by atoms with Gasteiger partial charge in [-0.15, -0.1) is 0 Å². The maximum Gasteiger partial charge on any atom is 0.226 e. The first-order valence-corrected chi connectivity index (χ1v) is 11.2. The van der Waals surface area contributed by atoms with Crippen LogP contribution >= 0.6 is 0 Å². The van der Waals surface area contributed by atoms with Crippen molar-refractivity contribution in [3.63, 3.8) is 0 Å². The first-order valence-electron chi connectivity index (χ1n) is 11.2. The van der Waals surface area contributed by atoms with E-state index in [0.29, 0.717) is 17.4 Å². The third-order valence-corrected chi connectivity index (χ3v) is 6.47. The molecular weight excluding hydrogens is 447 g/mol. The van der Waals surface area contributed by atoms with Gasteiger partial charge in [-0.3, -0.25) is 0 Å². The molecule has 6 rings (SSSR count). The van der Waals surface area contributed by atoms with Gasteiger partial charge in [-0.2, -0.15) is 10.1 Å². The molecule has 35 heavy (non-hydrogen) atoms. The van der Waals surface area contributed by atoms with Crippen molar-refractivity contribution in [1.29, 1.82) is 0 Å². The second-order valence-electron chi connectivity index (χ2n) is 8.55. The first-order chi connectivity index (χ1) is 17.1. The van der Waals surface area contributed by atoms with Crippen LogP contribution in [0.5, 0.6) is 17.2 Å². The Kier molecular flexibility index (Phi) is 4.95. The summed E-state index contributed by atoms with van der Waals surface area (Å²) in [6.07, 6.45) is 1.04. The fraction of sp³-hybridized carbons (Fsp3) is 0.185. The molecule has 3 aromatic carbocycles. The van der Waals surface area contributed by atoms with Gasteiger partial charge in [0.05, 0.1) is 19.9 Å². The predicted molar refractivity (Wildman–Crippen MR) is 129 cm³/mol. The predicted octanol–water partition coefficient (Wildman–Crippen LogP) is 5.30. The Bertz CT molecular complexity index is 1460. The van der Waals surface area contributed by atoms with Gasteiger partial charge in [0, 0.05) is 11.1 Å². The van der Waals surface area contributed by atoms with E-state index in [9.17, 15) is 4.39 Å². The van der Waals surface area contributed by atoms with E-state index in [2.05, 4.69) is 21.5 Å². The van der Waals surface area contributed by atoms with Crippen molar-refractivity contribution in [2.24, 2.45) is 0 Å². The van der Waals surface area contributed by atoms with Crippen LogP contribution in [0.3, 0.4) is 0 Å². The number of hydrogen-bond acceptors (Lipinski definition) is 6. The molecule has 0 bridgehead atoms. The highest BCUT2D eigenvalue weighted by Gasteiger charge is 2.41. The number of ether oxygens (including phenoxy) is 3. The highest BCUT2D eigenvalue weighted by Crippen LogP contribution is 2.51. The topological polar surface area (TPSA) is 70.4 Å². The third kappa shape index (κ3) is 3.41. The molecule has 0 amide bonds. The molecule has 0 fully saturated rings. The molecule has 0 spiro atoms. The lowest BCUT2D eigenvalue weighted by Gasteiger charge is -2.39. The zero-order chi connectivity index (χ0) is 24.1. The van der Waals surface area contributed by atoms with E-state index in [0.717, 1.165) is 39.3 Å². The summed E-state index contributed by atoms with van der Waals surface area (Å²) in [4.78, 5) is 4.46. The molecule has 0 saturated carbocycles. The number of nitrogens with zero attached hydrogens (tertiary/aromatic N) is 3. The Balaban J connectivity index is 1.62. The van der Waals surface area contributed by atoms with E-state index in [1.165, 1.54) is 18.5 Å². The number of rotatable bonds is 4. The number of aromatic nitrogens is 3. The number of hydrogen-bond donors (Lipinski definition) is 1. The van der Waals surface area contributed by atoms with Crippen molar-refractivity contribution >= 4 is 11.6 Å². The lowest BCUT2D eigenvalue weighted by molar-refractivity contribution is 0.223. The summed E-state index contributed by atoms with van der Waals surface area (Å²) >= 11 is 0. The number of fused-ring (bicyclic) bond motifs is 3. The van der Waals surface area contributed by atoms with E-state index < -0.39 is 6.10 Å². The second kappa shape index (κ2) is 8.16. The van der Waals surface area contributed by atoms with E-state index >= 15 is 0 Å². The lowest BCUT2D eigenvalue weighted by Crippen LogP contribution is -2.32. The van der Waals surface area contributed by atoms with Crippen molar-refractivity contribution in [3.8, 4) is 17.2 Å². The van der Waals surface area contributed by atoms with Crippen molar-refractivity contribution in [2.75, 3.05) is 19.5 Å². The summed E-state index contributed by atoms with van der Waals surface area (Å²) < 4.78 is 33.3. The van der Waals surface area contributed by atoms with Gasteiger partial charge in [0.2, 0.25) is 5.95 Å². The maximum atomic E-state index is 13.8. The SMILES string of the molecule is COc1ccc(C2C3=C(Nc4ncnn42)c2cc(C)ccc2OC3c2ccc(F)cc2)cc1OC. The molecule has 0 aliphatic carbocycles. The third-order valence-electron chi connectivity index (χ3n) is 6.47. The molecule has 7 nitrogen and oxygen atoms in total. The monoisotopic (exact) mass is 470 g/mol. The van der Waals surface area contributed by atoms with Gasteiger partial charge in [0.1, 0.15) is 30.0 Å². The van der Waals surface area contributed by atoms with E-state index in [1.807, 2.05) is 41.9 Å². The largest absolute Gasteiger partial charge is 0.493 e. The van der Waals surface area contributed by atoms with Gasteiger partial charge in [-0.25, -0.2) is 9.07 Å². The van der Waals surface area contributed by atoms with Crippen molar-refractivity contribution in [3.05, 3.63) is 101 Å². The van der Waals surface area contributed by atoms with Crippen LogP contribution in [-0.4, -0.2) is 29.0 Å². The highest BCUT2D eigenvalue weighted by molar-refractivity contribution is 5.85. The number of nitrogens with one attached hydrogen (secondary N) is 1. The van der Waals surface area contributed by atoms with Crippen LogP contribution < -0.4 is 19.5 Å². The molecule has 8 heteroatoms. The van der Waals surface area contributed by atoms with Gasteiger partial charge in [-0.05, 0) is 54.4 Å². The number of halogens is 1. The van der Waals surface area contributed by atoms with Crippen molar-refractivity contribution in [1.82, 2.24) is 14.8 Å². The molecule has 2 aliphatic heterocycles. The van der Waals surface area contributed by atoms with E-state index in [4.69, 9.17) is 14.2 Å². The van der Waals surface area contributed by atoms with Gasteiger partial charge < -0.3 is 19.5 Å². The summed E-state index contributed by atoms with van der Waals surface area (Å²) in [6.45, 7) is 2.05. The summed E-state index contributed by atoms with van der Waals surface area (Å²) in [5.41, 5.74) is 5.66. The summed E-state index contributed by atoms with van der Waals surface area (Å²) in [5, 5.41) is 8.02. The number of aryl methyl sites for hydroxylation is 1. The fourth-order valence-electron chi connectivity index (χ4n) is 4.84. The van der Waals surface area contributed by atoms with Crippen molar-refractivity contribution < 1.29 is 18.6 Å². The molecule has 2 unspecified atom stereocenters. The Labute approximate surface area is 201 Å². The summed E-state index contributed by atoms with van der Waals surface area (Å²) in [7, 11) is 3.22. The number of anilines is 1. The minimum atomic E-state index is -0.483. The zero-order valence-electron chi connectivity index (χ0n) is 19.4. The Hall–Kier alpha value is -4.33. The molecule has 2 aliphatic rings. The van der Waals surface area contributed by atoms with E-state index in [-0.39, 0.29) is 11.9 Å². The minimum Gasteiger partial charge on any atom is -0.493 e. The quantitative estimate of drug-likeness (QED) is 0.436. The first kappa shape index (κ1) is 21.2. The highest BCUT2D eigenvalue weighted by atomic mass is 19.1. The van der Waals surface area contributed by atoms with Gasteiger partial charge in [0.25, 0.3) is 0 Å². The molecule has 3 heterocycles. The average Bonchev–Trinajstić information content (AvgIpc) is 3.35. The smallest absolute Gasteiger partial charge is 0.226 e. The van der Waals surface area contributed by atoms with Crippen LogP contribution in [0.15, 0.2) is 72.6 Å². The van der Waals surface area contributed by atoms with Crippen LogP contribution in [0.1, 0.15) is 34.4 Å².